The molecule has 0 radical (unpaired) electrons. The topological polar surface area (TPSA) is 152 Å². The first kappa shape index (κ1) is 33.0. The van der Waals surface area contributed by atoms with Crippen molar-refractivity contribution in [3.8, 4) is 17.9 Å². The average Bonchev–Trinajstić information content (AvgIpc) is 2.92. The molecule has 0 bridgehead atoms. The SMILES string of the molecule is CC(C=O)CN.CC/C=C(/NC)c1ccc(C#Cc2ccc(NC(=O)CNCC#N)cc2)cc1.CNO. The number of hydrogen-bond donors (Lipinski definition) is 6. The lowest BCUT2D eigenvalue weighted by Gasteiger charge is -2.06. The van der Waals surface area contributed by atoms with Gasteiger partial charge in [-0.2, -0.15) is 5.26 Å². The van der Waals surface area contributed by atoms with Crippen LogP contribution in [0.2, 0.25) is 0 Å². The number of nitrogens with zero attached hydrogens (tertiary/aromatic N) is 1. The number of rotatable bonds is 9. The largest absolute Gasteiger partial charge is 0.388 e. The number of nitrogens with one attached hydrogen (secondary N) is 4. The quantitative estimate of drug-likeness (QED) is 0.0997. The van der Waals surface area contributed by atoms with Crippen molar-refractivity contribution < 1.29 is 14.8 Å². The summed E-state index contributed by atoms with van der Waals surface area (Å²) in [5, 5.41) is 24.5. The van der Waals surface area contributed by atoms with Crippen LogP contribution in [0.4, 0.5) is 5.69 Å². The van der Waals surface area contributed by atoms with E-state index in [1.807, 2.05) is 49.5 Å². The molecule has 9 nitrogen and oxygen atoms in total. The molecule has 198 valence electrons. The van der Waals surface area contributed by atoms with Crippen molar-refractivity contribution >= 4 is 23.6 Å². The minimum atomic E-state index is -0.188. The van der Waals surface area contributed by atoms with E-state index in [0.717, 1.165) is 35.1 Å². The molecule has 2 aromatic carbocycles. The van der Waals surface area contributed by atoms with Crippen LogP contribution < -0.4 is 27.2 Å². The Bertz CT molecular complexity index is 1050. The molecule has 0 aliphatic carbocycles. The summed E-state index contributed by atoms with van der Waals surface area (Å²) < 4.78 is 0. The second-order valence-electron chi connectivity index (χ2n) is 7.56. The number of carbonyl (C=O) groups excluding carboxylic acids is 2. The van der Waals surface area contributed by atoms with Gasteiger partial charge < -0.3 is 26.4 Å². The predicted molar refractivity (Wildman–Crippen MR) is 148 cm³/mol. The van der Waals surface area contributed by atoms with Gasteiger partial charge in [0.05, 0.1) is 19.2 Å². The lowest BCUT2D eigenvalue weighted by Crippen LogP contribution is -2.28. The van der Waals surface area contributed by atoms with Crippen molar-refractivity contribution in [1.29, 1.82) is 5.26 Å². The highest BCUT2D eigenvalue weighted by molar-refractivity contribution is 5.92. The van der Waals surface area contributed by atoms with Crippen molar-refractivity contribution in [3.05, 3.63) is 71.3 Å². The maximum atomic E-state index is 11.7. The molecule has 2 aromatic rings. The maximum absolute atomic E-state index is 11.7. The first-order valence-corrected chi connectivity index (χ1v) is 11.8. The third-order valence-corrected chi connectivity index (χ3v) is 4.49. The maximum Gasteiger partial charge on any atom is 0.238 e. The molecule has 0 aliphatic rings. The fourth-order valence-electron chi connectivity index (χ4n) is 2.58. The van der Waals surface area contributed by atoms with Crippen LogP contribution in [0.5, 0.6) is 0 Å². The Balaban J connectivity index is 0.00000124. The van der Waals surface area contributed by atoms with Gasteiger partial charge in [0.15, 0.2) is 0 Å². The van der Waals surface area contributed by atoms with Gasteiger partial charge in [-0.25, -0.2) is 5.48 Å². The normalized spacial score (nSPS) is 10.6. The van der Waals surface area contributed by atoms with Crippen molar-refractivity contribution in [2.45, 2.75) is 20.3 Å². The van der Waals surface area contributed by atoms with Crippen LogP contribution in [0, 0.1) is 29.1 Å². The summed E-state index contributed by atoms with van der Waals surface area (Å²) in [5.41, 5.74) is 11.6. The highest BCUT2D eigenvalue weighted by Crippen LogP contribution is 2.13. The van der Waals surface area contributed by atoms with Crippen molar-refractivity contribution in [3.63, 3.8) is 0 Å². The standard InChI is InChI=1S/C23H24N4O.C4H9NO.CH5NO/c1-3-4-22(25-2)20-11-7-18(8-12-20)5-6-19-9-13-21(14-10-19)27-23(28)17-26-16-15-24;1-4(2-5)3-6;1-2-3/h4,7-14,25-26H,3,16-17H2,1-2H3,(H,27,28);3-4H,2,5H2,1H3;2-3H,1H3/b22-4+;;. The van der Waals surface area contributed by atoms with E-state index in [1.54, 1.807) is 12.4 Å². The molecule has 1 atom stereocenters. The molecule has 0 fully saturated rings. The molecule has 0 heterocycles. The number of anilines is 1. The Labute approximate surface area is 220 Å². The van der Waals surface area contributed by atoms with Crippen LogP contribution in [-0.4, -0.2) is 51.1 Å². The van der Waals surface area contributed by atoms with Crippen LogP contribution in [0.3, 0.4) is 0 Å². The molecular weight excluding hydrogens is 468 g/mol. The molecule has 1 amide bonds. The number of amides is 1. The number of nitriles is 1. The van der Waals surface area contributed by atoms with Gasteiger partial charge in [0.1, 0.15) is 6.29 Å². The van der Waals surface area contributed by atoms with Gasteiger partial charge in [-0.15, -0.1) is 0 Å². The number of carbonyl (C=O) groups is 2. The van der Waals surface area contributed by atoms with E-state index < -0.39 is 0 Å². The fraction of sp³-hybridized carbons (Fsp3) is 0.321. The lowest BCUT2D eigenvalue weighted by atomic mass is 10.1. The predicted octanol–water partition coefficient (Wildman–Crippen LogP) is 2.48. The van der Waals surface area contributed by atoms with Crippen molar-refractivity contribution in [2.24, 2.45) is 11.7 Å². The number of nitrogens with two attached hydrogens (primary N) is 1. The molecule has 2 rings (SSSR count). The second-order valence-corrected chi connectivity index (χ2v) is 7.56. The van der Waals surface area contributed by atoms with E-state index in [2.05, 4.69) is 52.9 Å². The minimum Gasteiger partial charge on any atom is -0.388 e. The number of hydrogen-bond acceptors (Lipinski definition) is 8. The molecule has 0 aromatic heterocycles. The van der Waals surface area contributed by atoms with Gasteiger partial charge in [0, 0.05) is 49.1 Å². The number of benzene rings is 2. The van der Waals surface area contributed by atoms with E-state index >= 15 is 0 Å². The van der Waals surface area contributed by atoms with Gasteiger partial charge in [-0.05, 0) is 48.4 Å². The Hall–Kier alpha value is -3.99. The van der Waals surface area contributed by atoms with Gasteiger partial charge in [-0.1, -0.05) is 43.9 Å². The third-order valence-electron chi connectivity index (χ3n) is 4.49. The molecule has 37 heavy (non-hydrogen) atoms. The van der Waals surface area contributed by atoms with Crippen LogP contribution in [-0.2, 0) is 9.59 Å². The highest BCUT2D eigenvalue weighted by atomic mass is 16.5. The van der Waals surface area contributed by atoms with Crippen LogP contribution in [0.15, 0.2) is 54.6 Å². The first-order chi connectivity index (χ1) is 17.9. The molecule has 1 unspecified atom stereocenters. The van der Waals surface area contributed by atoms with Crippen molar-refractivity contribution in [2.75, 3.05) is 39.0 Å². The minimum absolute atomic E-state index is 0.0324. The van der Waals surface area contributed by atoms with Crippen LogP contribution in [0.25, 0.3) is 5.70 Å². The Kier molecular flexibility index (Phi) is 19.0. The number of allylic oxidation sites excluding steroid dienone is 1. The first-order valence-electron chi connectivity index (χ1n) is 11.8. The van der Waals surface area contributed by atoms with E-state index in [-0.39, 0.29) is 24.9 Å². The summed E-state index contributed by atoms with van der Waals surface area (Å²) in [6, 6.07) is 17.4. The van der Waals surface area contributed by atoms with Crippen LogP contribution in [0.1, 0.15) is 37.0 Å². The van der Waals surface area contributed by atoms with Gasteiger partial charge in [0.2, 0.25) is 5.91 Å². The Morgan fingerprint density at radius 2 is 1.62 bits per heavy atom. The number of aldehydes is 1. The molecule has 0 saturated heterocycles. The summed E-state index contributed by atoms with van der Waals surface area (Å²) in [4.78, 5) is 21.4. The molecule has 0 spiro atoms. The van der Waals surface area contributed by atoms with Crippen LogP contribution >= 0.6 is 0 Å². The molecule has 0 aliphatic heterocycles. The summed E-state index contributed by atoms with van der Waals surface area (Å²) in [6.45, 7) is 4.61. The van der Waals surface area contributed by atoms with E-state index in [0.29, 0.717) is 12.2 Å². The second kappa shape index (κ2) is 21.3. The summed E-state index contributed by atoms with van der Waals surface area (Å²) >= 11 is 0. The Morgan fingerprint density at radius 1 is 1.08 bits per heavy atom. The average molecular weight is 507 g/mol. The molecule has 9 heteroatoms. The summed E-state index contributed by atoms with van der Waals surface area (Å²) in [7, 11) is 3.35. The van der Waals surface area contributed by atoms with Gasteiger partial charge in [-0.3, -0.25) is 10.1 Å². The van der Waals surface area contributed by atoms with Gasteiger partial charge >= 0.3 is 0 Å². The fourth-order valence-corrected chi connectivity index (χ4v) is 2.58. The summed E-state index contributed by atoms with van der Waals surface area (Å²) in [6.07, 6.45) is 3.98. The smallest absolute Gasteiger partial charge is 0.238 e. The van der Waals surface area contributed by atoms with E-state index in [9.17, 15) is 9.59 Å². The third kappa shape index (κ3) is 15.6. The van der Waals surface area contributed by atoms with Crippen molar-refractivity contribution in [1.82, 2.24) is 16.1 Å². The zero-order chi connectivity index (χ0) is 27.9. The molecule has 7 N–H and O–H groups in total. The molecule has 0 saturated carbocycles. The zero-order valence-corrected chi connectivity index (χ0v) is 22.0. The highest BCUT2D eigenvalue weighted by Gasteiger charge is 2.01. The lowest BCUT2D eigenvalue weighted by molar-refractivity contribution is -0.115. The van der Waals surface area contributed by atoms with E-state index in [1.165, 1.54) is 7.05 Å². The monoisotopic (exact) mass is 506 g/mol. The zero-order valence-electron chi connectivity index (χ0n) is 22.0. The van der Waals surface area contributed by atoms with Gasteiger partial charge in [0.25, 0.3) is 0 Å². The summed E-state index contributed by atoms with van der Waals surface area (Å²) in [5.74, 6) is 6.13. The van der Waals surface area contributed by atoms with E-state index in [4.69, 9.17) is 16.2 Å². The Morgan fingerprint density at radius 3 is 2.03 bits per heavy atom. The number of hydroxylamine groups is 1. The molecular formula is C28H38N6O3.